The van der Waals surface area contributed by atoms with Crippen molar-refractivity contribution >= 4 is 35.5 Å². The van der Waals surface area contributed by atoms with Crippen LogP contribution < -0.4 is 0 Å². The molecule has 2 saturated carbocycles. The van der Waals surface area contributed by atoms with Crippen LogP contribution in [0.1, 0.15) is 67.1 Å². The van der Waals surface area contributed by atoms with Gasteiger partial charge < -0.3 is 15.7 Å². The van der Waals surface area contributed by atoms with Gasteiger partial charge in [0.1, 0.15) is 0 Å². The Labute approximate surface area is 132 Å². The minimum Gasteiger partial charge on any atom is -1.00 e. The van der Waals surface area contributed by atoms with Gasteiger partial charge in [-0.05, 0) is 0 Å². The molecule has 0 heterocycles. The molecular weight excluding hydrogens is 267 g/mol. The largest absolute Gasteiger partial charge is 2.00 e. The Bertz CT molecular complexity index is 67.5. The zero-order chi connectivity index (χ0) is 8.49. The van der Waals surface area contributed by atoms with Crippen molar-refractivity contribution in [3.05, 3.63) is 12.8 Å². The van der Waals surface area contributed by atoms with Crippen molar-refractivity contribution in [1.29, 1.82) is 0 Å². The van der Waals surface area contributed by atoms with E-state index in [1.54, 1.807) is 0 Å². The van der Waals surface area contributed by atoms with Crippen molar-refractivity contribution in [1.82, 2.24) is 0 Å². The summed E-state index contributed by atoms with van der Waals surface area (Å²) in [5.41, 5.74) is 0. The minimum atomic E-state index is 0. The van der Waals surface area contributed by atoms with Crippen molar-refractivity contribution in [2.75, 3.05) is 0 Å². The first-order valence-electron chi connectivity index (χ1n) is 5.63. The second kappa shape index (κ2) is 18.0. The third-order valence-corrected chi connectivity index (χ3v) is 2.63. The fraction of sp³-hybridized carbons (Fsp3) is 0.833. The molecule has 0 aliphatic heterocycles. The smallest absolute Gasteiger partial charge is 1.00 e. The van der Waals surface area contributed by atoms with E-state index >= 15 is 0 Å². The summed E-state index contributed by atoms with van der Waals surface area (Å²) in [6.45, 7) is 0. The maximum atomic E-state index is 2.39. The standard InChI is InChI=1S/2C6H11.ClH.Cu.Mg.2H/c2*1-2-4-6-5-3-1;;;;;/h2*1H,2-6H2;1H;;;;/q2*-1;;2*+2;2*-1. The molecule has 2 fully saturated rings. The molecule has 3 heteroatoms. The molecule has 0 amide bonds. The quantitative estimate of drug-likeness (QED) is 0.453. The van der Waals surface area contributed by atoms with Crippen molar-refractivity contribution in [2.45, 2.75) is 64.2 Å². The van der Waals surface area contributed by atoms with E-state index in [-0.39, 0.29) is 55.4 Å². The Morgan fingerprint density at radius 3 is 0.933 bits per heavy atom. The summed E-state index contributed by atoms with van der Waals surface area (Å²) in [6.07, 6.45) is 19.0. The SMILES string of the molecule is Cl.[CH-]1CCCCC1.[CH-]1CCCCC1.[Cu+2].[H-].[H-].[Mg+2]. The minimum absolute atomic E-state index is 0. The summed E-state index contributed by atoms with van der Waals surface area (Å²) in [4.78, 5) is 0. The first-order valence-corrected chi connectivity index (χ1v) is 5.63. The van der Waals surface area contributed by atoms with Crippen LogP contribution >= 0.6 is 12.4 Å². The van der Waals surface area contributed by atoms with E-state index in [1.165, 1.54) is 64.2 Å². The van der Waals surface area contributed by atoms with E-state index in [9.17, 15) is 0 Å². The van der Waals surface area contributed by atoms with Gasteiger partial charge in [0.15, 0.2) is 0 Å². The summed E-state index contributed by atoms with van der Waals surface area (Å²) >= 11 is 0. The van der Waals surface area contributed by atoms with Crippen LogP contribution in [0.4, 0.5) is 0 Å². The van der Waals surface area contributed by atoms with E-state index in [0.717, 1.165) is 0 Å². The van der Waals surface area contributed by atoms with Crippen molar-refractivity contribution in [3.8, 4) is 0 Å². The monoisotopic (exact) mass is 291 g/mol. The molecule has 2 rings (SSSR count). The molecule has 93 valence electrons. The second-order valence-electron chi connectivity index (χ2n) is 3.85. The van der Waals surface area contributed by atoms with Gasteiger partial charge in [0.2, 0.25) is 0 Å². The number of rotatable bonds is 0. The fourth-order valence-corrected chi connectivity index (χ4v) is 1.80. The Morgan fingerprint density at radius 2 is 0.867 bits per heavy atom. The summed E-state index contributed by atoms with van der Waals surface area (Å²) in [5, 5.41) is 0. The van der Waals surface area contributed by atoms with Gasteiger partial charge in [-0.15, -0.1) is 12.4 Å². The molecular formula is C12H25ClCuMg. The summed E-state index contributed by atoms with van der Waals surface area (Å²) in [6, 6.07) is 0. The van der Waals surface area contributed by atoms with Crippen LogP contribution in [0.2, 0.25) is 0 Å². The molecule has 1 radical (unpaired) electrons. The van der Waals surface area contributed by atoms with Crippen LogP contribution in [-0.2, 0) is 17.1 Å². The molecule has 0 bridgehead atoms. The molecule has 0 aromatic carbocycles. The average molecular weight is 293 g/mol. The van der Waals surface area contributed by atoms with Crippen LogP contribution in [0.5, 0.6) is 0 Å². The zero-order valence-corrected chi connectivity index (χ0v) is 12.8. The van der Waals surface area contributed by atoms with Crippen LogP contribution in [0.15, 0.2) is 0 Å². The average Bonchev–Trinajstić information content (AvgIpc) is 2.24. The van der Waals surface area contributed by atoms with Gasteiger partial charge >= 0.3 is 40.1 Å². The molecule has 0 N–H and O–H groups in total. The van der Waals surface area contributed by atoms with Gasteiger partial charge in [-0.1, -0.05) is 38.5 Å². The van der Waals surface area contributed by atoms with Crippen LogP contribution in [-0.4, -0.2) is 23.1 Å². The number of halogens is 1. The van der Waals surface area contributed by atoms with E-state index < -0.39 is 0 Å². The van der Waals surface area contributed by atoms with Crippen LogP contribution in [0.25, 0.3) is 0 Å². The molecule has 0 atom stereocenters. The third kappa shape index (κ3) is 15.6. The molecule has 0 nitrogen and oxygen atoms in total. The molecule has 0 saturated heterocycles. The Balaban J connectivity index is -0.0000000436. The maximum Gasteiger partial charge on any atom is 2.00 e. The van der Waals surface area contributed by atoms with Gasteiger partial charge in [0.25, 0.3) is 0 Å². The van der Waals surface area contributed by atoms with Crippen LogP contribution in [0, 0.1) is 12.8 Å². The van der Waals surface area contributed by atoms with Gasteiger partial charge in [-0.25, -0.2) is 0 Å². The van der Waals surface area contributed by atoms with Crippen molar-refractivity contribution < 1.29 is 19.9 Å². The van der Waals surface area contributed by atoms with Crippen molar-refractivity contribution in [3.63, 3.8) is 0 Å². The predicted molar refractivity (Wildman–Crippen MR) is 70.0 cm³/mol. The Kier molecular flexibility index (Phi) is 26.1. The normalized spacial score (nSPS) is 19.2. The Hall–Kier alpha value is 1.58. The molecule has 0 unspecified atom stereocenters. The Morgan fingerprint density at radius 1 is 0.600 bits per heavy atom. The van der Waals surface area contributed by atoms with Gasteiger partial charge in [-0.2, -0.15) is 25.7 Å². The maximum absolute atomic E-state index is 2.39. The summed E-state index contributed by atoms with van der Waals surface area (Å²) in [5.74, 6) is 0. The summed E-state index contributed by atoms with van der Waals surface area (Å²) < 4.78 is 0. The van der Waals surface area contributed by atoms with Gasteiger partial charge in [-0.3, -0.25) is 0 Å². The summed E-state index contributed by atoms with van der Waals surface area (Å²) in [7, 11) is 0. The zero-order valence-electron chi connectivity index (χ0n) is 11.6. The molecule has 0 spiro atoms. The van der Waals surface area contributed by atoms with Crippen LogP contribution in [0.3, 0.4) is 0 Å². The first kappa shape index (κ1) is 21.8. The third-order valence-electron chi connectivity index (χ3n) is 2.63. The predicted octanol–water partition coefficient (Wildman–Crippen LogP) is 4.57. The van der Waals surface area contributed by atoms with E-state index in [0.29, 0.717) is 0 Å². The molecule has 2 aliphatic rings. The van der Waals surface area contributed by atoms with E-state index in [4.69, 9.17) is 0 Å². The number of hydrogen-bond donors (Lipinski definition) is 0. The molecule has 2 aliphatic carbocycles. The first-order chi connectivity index (χ1) is 6.00. The fourth-order valence-electron chi connectivity index (χ4n) is 1.80. The topological polar surface area (TPSA) is 0 Å². The van der Waals surface area contributed by atoms with Crippen molar-refractivity contribution in [2.24, 2.45) is 0 Å². The molecule has 0 aromatic heterocycles. The van der Waals surface area contributed by atoms with Gasteiger partial charge in [0.05, 0.1) is 0 Å². The molecule has 0 aromatic rings. The van der Waals surface area contributed by atoms with E-state index in [2.05, 4.69) is 12.8 Å². The van der Waals surface area contributed by atoms with Gasteiger partial charge in [0, 0.05) is 0 Å². The molecule has 15 heavy (non-hydrogen) atoms. The second-order valence-corrected chi connectivity index (χ2v) is 3.85. The number of hydrogen-bond acceptors (Lipinski definition) is 0. The van der Waals surface area contributed by atoms with E-state index in [1.807, 2.05) is 0 Å².